The molecule has 0 saturated carbocycles. The fourth-order valence-corrected chi connectivity index (χ4v) is 1.04. The molecule has 0 bridgehead atoms. The Hall–Kier alpha value is -0.120. The summed E-state index contributed by atoms with van der Waals surface area (Å²) >= 11 is 2.25. The van der Waals surface area contributed by atoms with E-state index in [9.17, 15) is 8.78 Å². The minimum atomic E-state index is -2.97. The first kappa shape index (κ1) is 10.9. The van der Waals surface area contributed by atoms with Gasteiger partial charge in [0.05, 0.1) is 5.70 Å². The molecule has 66 valence electrons. The highest BCUT2D eigenvalue weighted by Crippen LogP contribution is 2.31. The van der Waals surface area contributed by atoms with Crippen molar-refractivity contribution in [3.63, 3.8) is 0 Å². The van der Waals surface area contributed by atoms with Gasteiger partial charge in [-0.1, -0.05) is 6.58 Å². The molecule has 0 aromatic carbocycles. The molecule has 11 heavy (non-hydrogen) atoms. The van der Waals surface area contributed by atoms with Gasteiger partial charge in [0, 0.05) is 13.1 Å². The Morgan fingerprint density at radius 3 is 1.91 bits per heavy atom. The Morgan fingerprint density at radius 1 is 1.45 bits per heavy atom. The molecule has 0 aliphatic heterocycles. The summed E-state index contributed by atoms with van der Waals surface area (Å²) in [7, 11) is 0. The third-order valence-electron chi connectivity index (χ3n) is 1.47. The SMILES string of the molecule is C=C(N(CC)CC)C(F)(F)Br. The Morgan fingerprint density at radius 2 is 1.82 bits per heavy atom. The van der Waals surface area contributed by atoms with Gasteiger partial charge in [0.25, 0.3) is 0 Å². The molecule has 0 N–H and O–H groups in total. The van der Waals surface area contributed by atoms with E-state index in [1.807, 2.05) is 13.8 Å². The zero-order valence-corrected chi connectivity index (χ0v) is 8.29. The van der Waals surface area contributed by atoms with Gasteiger partial charge in [-0.25, -0.2) is 0 Å². The molecule has 0 spiro atoms. The Kier molecular flexibility index (Phi) is 4.00. The summed E-state index contributed by atoms with van der Waals surface area (Å²) in [4.78, 5) is -1.46. The maximum atomic E-state index is 12.5. The average Bonchev–Trinajstić information content (AvgIpc) is 1.88. The topological polar surface area (TPSA) is 3.24 Å². The van der Waals surface area contributed by atoms with Crippen molar-refractivity contribution in [1.29, 1.82) is 0 Å². The van der Waals surface area contributed by atoms with E-state index >= 15 is 0 Å². The van der Waals surface area contributed by atoms with Crippen LogP contribution in [0.25, 0.3) is 0 Å². The van der Waals surface area contributed by atoms with Crippen LogP contribution >= 0.6 is 15.9 Å². The van der Waals surface area contributed by atoms with E-state index in [1.54, 1.807) is 0 Å². The maximum absolute atomic E-state index is 12.5. The lowest BCUT2D eigenvalue weighted by molar-refractivity contribution is 0.115. The van der Waals surface area contributed by atoms with Crippen molar-refractivity contribution in [2.75, 3.05) is 13.1 Å². The molecule has 0 saturated heterocycles. The number of nitrogens with zero attached hydrogens (tertiary/aromatic N) is 1. The Bertz CT molecular complexity index is 138. The largest absolute Gasteiger partial charge is 0.370 e. The van der Waals surface area contributed by atoms with Gasteiger partial charge in [0.1, 0.15) is 0 Å². The first-order valence-corrected chi connectivity index (χ1v) is 4.23. The highest BCUT2D eigenvalue weighted by atomic mass is 79.9. The van der Waals surface area contributed by atoms with Crippen LogP contribution in [-0.2, 0) is 0 Å². The summed E-state index contributed by atoms with van der Waals surface area (Å²) in [6.45, 7) is 8.03. The second-order valence-corrected chi connectivity index (χ2v) is 3.11. The predicted molar refractivity (Wildman–Crippen MR) is 45.9 cm³/mol. The molecule has 0 radical (unpaired) electrons. The molecule has 4 heteroatoms. The zero-order chi connectivity index (χ0) is 9.07. The van der Waals surface area contributed by atoms with Crippen molar-refractivity contribution in [1.82, 2.24) is 4.90 Å². The van der Waals surface area contributed by atoms with Crippen molar-refractivity contribution in [2.45, 2.75) is 18.7 Å². The van der Waals surface area contributed by atoms with Crippen LogP contribution in [0.15, 0.2) is 12.3 Å². The normalized spacial score (nSPS) is 11.4. The molecule has 0 aromatic rings. The van der Waals surface area contributed by atoms with Crippen LogP contribution in [0.1, 0.15) is 13.8 Å². The average molecular weight is 228 g/mol. The van der Waals surface area contributed by atoms with Crippen LogP contribution in [-0.4, -0.2) is 22.8 Å². The highest BCUT2D eigenvalue weighted by Gasteiger charge is 2.31. The summed E-state index contributed by atoms with van der Waals surface area (Å²) in [6, 6.07) is 0. The standard InChI is InChI=1S/C7H12BrF2N/c1-4-11(5-2)6(3)7(8,9)10/h3-5H2,1-2H3. The third kappa shape index (κ3) is 3.18. The number of hydrogen-bond acceptors (Lipinski definition) is 1. The van der Waals surface area contributed by atoms with Crippen LogP contribution in [0, 0.1) is 0 Å². The smallest absolute Gasteiger partial charge is 0.340 e. The lowest BCUT2D eigenvalue weighted by atomic mass is 10.4. The minimum Gasteiger partial charge on any atom is -0.370 e. The molecule has 0 amide bonds. The van der Waals surface area contributed by atoms with E-state index in [4.69, 9.17) is 0 Å². The van der Waals surface area contributed by atoms with E-state index in [0.717, 1.165) is 0 Å². The van der Waals surface area contributed by atoms with Gasteiger partial charge in [-0.3, -0.25) is 0 Å². The first-order chi connectivity index (χ1) is 4.93. The van der Waals surface area contributed by atoms with E-state index in [-0.39, 0.29) is 5.70 Å². The molecular formula is C7H12BrF2N. The van der Waals surface area contributed by atoms with Gasteiger partial charge in [-0.05, 0) is 29.8 Å². The zero-order valence-electron chi connectivity index (χ0n) is 6.70. The van der Waals surface area contributed by atoms with Crippen molar-refractivity contribution in [2.24, 2.45) is 0 Å². The number of hydrogen-bond donors (Lipinski definition) is 0. The quantitative estimate of drug-likeness (QED) is 0.668. The van der Waals surface area contributed by atoms with Gasteiger partial charge in [-0.2, -0.15) is 8.78 Å². The molecule has 0 aliphatic rings. The van der Waals surface area contributed by atoms with Gasteiger partial charge in [0.2, 0.25) is 0 Å². The minimum absolute atomic E-state index is 0.178. The number of allylic oxidation sites excluding steroid dienone is 1. The molecule has 1 nitrogen and oxygen atoms in total. The van der Waals surface area contributed by atoms with Crippen LogP contribution < -0.4 is 0 Å². The number of alkyl halides is 3. The van der Waals surface area contributed by atoms with Crippen molar-refractivity contribution >= 4 is 15.9 Å². The van der Waals surface area contributed by atoms with Crippen molar-refractivity contribution < 1.29 is 8.78 Å². The monoisotopic (exact) mass is 227 g/mol. The van der Waals surface area contributed by atoms with Crippen LogP contribution in [0.2, 0.25) is 0 Å². The van der Waals surface area contributed by atoms with E-state index < -0.39 is 4.83 Å². The Labute approximate surface area is 74.2 Å². The Balaban J connectivity index is 4.22. The number of halogens is 3. The van der Waals surface area contributed by atoms with E-state index in [1.165, 1.54) is 4.90 Å². The summed E-state index contributed by atoms with van der Waals surface area (Å²) in [6.07, 6.45) is 0. The first-order valence-electron chi connectivity index (χ1n) is 3.44. The predicted octanol–water partition coefficient (Wildman–Crippen LogP) is 2.83. The van der Waals surface area contributed by atoms with E-state index in [2.05, 4.69) is 22.5 Å². The number of rotatable bonds is 4. The molecular weight excluding hydrogens is 216 g/mol. The van der Waals surface area contributed by atoms with Crippen molar-refractivity contribution in [3.8, 4) is 0 Å². The van der Waals surface area contributed by atoms with Crippen LogP contribution in [0.4, 0.5) is 8.78 Å². The second-order valence-electron chi connectivity index (χ2n) is 2.12. The fraction of sp³-hybridized carbons (Fsp3) is 0.714. The molecule has 0 atom stereocenters. The molecule has 0 aliphatic carbocycles. The highest BCUT2D eigenvalue weighted by molar-refractivity contribution is 9.10. The summed E-state index contributed by atoms with van der Waals surface area (Å²) in [5.41, 5.74) is -0.178. The van der Waals surface area contributed by atoms with Crippen molar-refractivity contribution in [3.05, 3.63) is 12.3 Å². The van der Waals surface area contributed by atoms with Gasteiger partial charge in [0.15, 0.2) is 0 Å². The molecule has 0 unspecified atom stereocenters. The summed E-state index contributed by atoms with van der Waals surface area (Å²) in [5, 5.41) is 0. The van der Waals surface area contributed by atoms with Gasteiger partial charge >= 0.3 is 4.83 Å². The lowest BCUT2D eigenvalue weighted by Gasteiger charge is -2.26. The summed E-state index contributed by atoms with van der Waals surface area (Å²) < 4.78 is 25.0. The fourth-order valence-electron chi connectivity index (χ4n) is 0.785. The van der Waals surface area contributed by atoms with Crippen LogP contribution in [0.3, 0.4) is 0 Å². The molecule has 0 fully saturated rings. The van der Waals surface area contributed by atoms with E-state index in [0.29, 0.717) is 13.1 Å². The second kappa shape index (κ2) is 4.04. The van der Waals surface area contributed by atoms with Gasteiger partial charge in [-0.15, -0.1) is 0 Å². The molecule has 0 aromatic heterocycles. The third-order valence-corrected chi connectivity index (χ3v) is 1.93. The maximum Gasteiger partial charge on any atom is 0.340 e. The van der Waals surface area contributed by atoms with Gasteiger partial charge < -0.3 is 4.90 Å². The van der Waals surface area contributed by atoms with Crippen LogP contribution in [0.5, 0.6) is 0 Å². The molecule has 0 heterocycles. The summed E-state index contributed by atoms with van der Waals surface area (Å²) in [5.74, 6) is 0. The molecule has 0 rings (SSSR count). The lowest BCUT2D eigenvalue weighted by Crippen LogP contribution is -2.29.